The summed E-state index contributed by atoms with van der Waals surface area (Å²) in [5.41, 5.74) is 3.92. The van der Waals surface area contributed by atoms with Crippen molar-refractivity contribution >= 4 is 29.1 Å². The van der Waals surface area contributed by atoms with Crippen LogP contribution in [0.2, 0.25) is 0 Å². The Labute approximate surface area is 113 Å². The molecule has 0 atom stereocenters. The molecule has 0 aliphatic heterocycles. The predicted molar refractivity (Wildman–Crippen MR) is 75.4 cm³/mol. The summed E-state index contributed by atoms with van der Waals surface area (Å²) in [5.74, 6) is 0. The molecule has 106 valence electrons. The minimum absolute atomic E-state index is 1.07. The highest BCUT2D eigenvalue weighted by molar-refractivity contribution is 6.50. The van der Waals surface area contributed by atoms with Gasteiger partial charge in [0.25, 0.3) is 0 Å². The van der Waals surface area contributed by atoms with Gasteiger partial charge < -0.3 is 22.2 Å². The van der Waals surface area contributed by atoms with Crippen molar-refractivity contribution < 1.29 is 17.3 Å². The molecule has 1 N–H and O–H groups in total. The van der Waals surface area contributed by atoms with Gasteiger partial charge in [-0.25, -0.2) is 0 Å². The maximum absolute atomic E-state index is 9.75. The molecule has 0 saturated carbocycles. The number of H-pyrrole nitrogens is 1. The second-order valence-electron chi connectivity index (χ2n) is 4.36. The summed E-state index contributed by atoms with van der Waals surface area (Å²) < 4.78 is 39.0. The molecule has 0 unspecified atom stereocenters. The van der Waals surface area contributed by atoms with Crippen molar-refractivity contribution in [1.29, 1.82) is 0 Å². The summed E-state index contributed by atoms with van der Waals surface area (Å²) >= 11 is 0. The summed E-state index contributed by atoms with van der Waals surface area (Å²) in [4.78, 5) is 3.50. The van der Waals surface area contributed by atoms with Crippen molar-refractivity contribution in [1.82, 2.24) is 4.98 Å². The maximum Gasteiger partial charge on any atom is 0.673 e. The van der Waals surface area contributed by atoms with Crippen molar-refractivity contribution in [3.8, 4) is 0 Å². The minimum Gasteiger partial charge on any atom is -0.418 e. The second kappa shape index (κ2) is 5.57. The van der Waals surface area contributed by atoms with Crippen LogP contribution in [0.15, 0.2) is 42.5 Å². The number of rotatable bonds is 1. The van der Waals surface area contributed by atoms with Crippen molar-refractivity contribution in [3.05, 3.63) is 48.0 Å². The van der Waals surface area contributed by atoms with Crippen LogP contribution in [-0.2, 0) is 6.42 Å². The number of halogens is 4. The summed E-state index contributed by atoms with van der Waals surface area (Å²) in [6.07, 6.45) is 1.07. The number of aromatic amines is 1. The number of para-hydroxylation sites is 2. The van der Waals surface area contributed by atoms with Gasteiger partial charge >= 0.3 is 7.25 Å². The van der Waals surface area contributed by atoms with E-state index in [1.54, 1.807) is 0 Å². The smallest absolute Gasteiger partial charge is 0.418 e. The molecule has 1 aromatic heterocycles. The number of hydrogen-bond donors (Lipinski definition) is 1. The molecule has 2 aromatic carbocycles. The number of aryl methyl sites for hydroxylation is 1. The van der Waals surface area contributed by atoms with E-state index in [1.165, 1.54) is 27.4 Å². The normalized spacial score (nSPS) is 11.4. The average molecular weight is 282 g/mol. The van der Waals surface area contributed by atoms with Gasteiger partial charge in [0.05, 0.1) is 0 Å². The molecule has 0 spiro atoms. The van der Waals surface area contributed by atoms with Crippen molar-refractivity contribution in [2.45, 2.75) is 13.3 Å². The lowest BCUT2D eigenvalue weighted by Gasteiger charge is -1.97. The van der Waals surface area contributed by atoms with Gasteiger partial charge in [-0.3, -0.25) is 0 Å². The van der Waals surface area contributed by atoms with Crippen molar-refractivity contribution in [3.63, 3.8) is 0 Å². The predicted octanol–water partition coefficient (Wildman–Crippen LogP) is 5.18. The first-order valence-electron chi connectivity index (χ1n) is 6.25. The molecule has 0 bridgehead atoms. The van der Waals surface area contributed by atoms with Crippen LogP contribution in [0.5, 0.6) is 0 Å². The summed E-state index contributed by atoms with van der Waals surface area (Å²) in [6, 6.07) is 15.0. The van der Waals surface area contributed by atoms with E-state index in [9.17, 15) is 17.3 Å². The van der Waals surface area contributed by atoms with E-state index in [4.69, 9.17) is 0 Å². The first-order chi connectivity index (χ1) is 9.40. The Balaban J connectivity index is 0.000000257. The highest BCUT2D eigenvalue weighted by atomic mass is 19.5. The van der Waals surface area contributed by atoms with Crippen LogP contribution in [0.4, 0.5) is 17.3 Å². The molecule has 0 radical (unpaired) electrons. The molecule has 0 amide bonds. The Bertz CT molecular complexity index is 712. The molecular weight excluding hydrogens is 269 g/mol. The number of benzene rings is 2. The summed E-state index contributed by atoms with van der Waals surface area (Å²) in [6.45, 7) is 2.19. The zero-order valence-corrected chi connectivity index (χ0v) is 10.8. The Morgan fingerprint density at radius 3 is 2.15 bits per heavy atom. The number of fused-ring (bicyclic) bond motifs is 3. The van der Waals surface area contributed by atoms with Gasteiger partial charge in [-0.05, 0) is 18.1 Å². The van der Waals surface area contributed by atoms with Crippen LogP contribution >= 0.6 is 0 Å². The van der Waals surface area contributed by atoms with E-state index in [2.05, 4.69) is 54.4 Å². The molecule has 0 aliphatic rings. The zero-order valence-electron chi connectivity index (χ0n) is 10.8. The van der Waals surface area contributed by atoms with Gasteiger partial charge in [-0.1, -0.05) is 43.3 Å². The fraction of sp³-hybridized carbons (Fsp3) is 0.143. The Morgan fingerprint density at radius 2 is 1.50 bits per heavy atom. The van der Waals surface area contributed by atoms with E-state index in [0.29, 0.717) is 0 Å². The van der Waals surface area contributed by atoms with Gasteiger partial charge in [0, 0.05) is 21.8 Å². The minimum atomic E-state index is -6.00. The van der Waals surface area contributed by atoms with E-state index in [0.717, 1.165) is 6.42 Å². The molecule has 3 rings (SSSR count). The van der Waals surface area contributed by atoms with Gasteiger partial charge in [0.1, 0.15) is 0 Å². The first-order valence-corrected chi connectivity index (χ1v) is 6.25. The third kappa shape index (κ3) is 3.32. The van der Waals surface area contributed by atoms with Crippen LogP contribution in [0.1, 0.15) is 12.5 Å². The van der Waals surface area contributed by atoms with E-state index < -0.39 is 7.25 Å². The zero-order chi connectivity index (χ0) is 14.8. The lowest BCUT2D eigenvalue weighted by atomic mass is 10.1. The second-order valence-corrected chi connectivity index (χ2v) is 4.36. The topological polar surface area (TPSA) is 15.8 Å². The molecule has 1 nitrogen and oxygen atoms in total. The molecule has 20 heavy (non-hydrogen) atoms. The lowest BCUT2D eigenvalue weighted by Crippen LogP contribution is -2.02. The molecular formula is C14H13BF4N-. The Morgan fingerprint density at radius 1 is 0.900 bits per heavy atom. The Kier molecular flexibility index (Phi) is 4.02. The van der Waals surface area contributed by atoms with E-state index >= 15 is 0 Å². The quantitative estimate of drug-likeness (QED) is 0.467. The number of aromatic nitrogens is 1. The molecule has 0 saturated heterocycles. The van der Waals surface area contributed by atoms with Gasteiger partial charge in [0.15, 0.2) is 0 Å². The van der Waals surface area contributed by atoms with Crippen LogP contribution in [0.3, 0.4) is 0 Å². The van der Waals surface area contributed by atoms with Gasteiger partial charge in [0.2, 0.25) is 0 Å². The largest absolute Gasteiger partial charge is 0.673 e. The van der Waals surface area contributed by atoms with Gasteiger partial charge in [-0.2, -0.15) is 0 Å². The van der Waals surface area contributed by atoms with Crippen LogP contribution in [0, 0.1) is 0 Å². The fourth-order valence-corrected chi connectivity index (χ4v) is 2.23. The SMILES string of the molecule is CCc1cccc2c1[nH]c1ccccc12.F[B-](F)(F)F. The highest BCUT2D eigenvalue weighted by Crippen LogP contribution is 2.27. The number of nitrogens with one attached hydrogen (secondary N) is 1. The lowest BCUT2D eigenvalue weighted by molar-refractivity contribution is 0.368. The third-order valence-electron chi connectivity index (χ3n) is 3.01. The van der Waals surface area contributed by atoms with Crippen molar-refractivity contribution in [2.75, 3.05) is 0 Å². The average Bonchev–Trinajstić information content (AvgIpc) is 2.75. The van der Waals surface area contributed by atoms with E-state index in [1.807, 2.05) is 0 Å². The van der Waals surface area contributed by atoms with Crippen molar-refractivity contribution in [2.24, 2.45) is 0 Å². The molecule has 1 heterocycles. The monoisotopic (exact) mass is 282 g/mol. The third-order valence-corrected chi connectivity index (χ3v) is 3.01. The summed E-state index contributed by atoms with van der Waals surface area (Å²) in [5, 5.41) is 2.66. The van der Waals surface area contributed by atoms with E-state index in [-0.39, 0.29) is 0 Å². The molecule has 6 heteroatoms. The Hall–Kier alpha value is -1.98. The van der Waals surface area contributed by atoms with Gasteiger partial charge in [-0.15, -0.1) is 0 Å². The van der Waals surface area contributed by atoms with Crippen LogP contribution < -0.4 is 0 Å². The molecule has 0 fully saturated rings. The molecule has 0 aliphatic carbocycles. The maximum atomic E-state index is 9.75. The fourth-order valence-electron chi connectivity index (χ4n) is 2.23. The van der Waals surface area contributed by atoms with Crippen LogP contribution in [0.25, 0.3) is 21.8 Å². The highest BCUT2D eigenvalue weighted by Gasteiger charge is 2.20. The van der Waals surface area contributed by atoms with Crippen LogP contribution in [-0.4, -0.2) is 12.2 Å². The first kappa shape index (κ1) is 14.4. The molecule has 3 aromatic rings. The standard InChI is InChI=1S/C14H13N.BF4/c1-2-10-6-5-8-12-11-7-3-4-9-13(11)15-14(10)12;2-1(3,4)5/h3-9,15H,2H2,1H3;/q;-1. The number of hydrogen-bond acceptors (Lipinski definition) is 0. The summed E-state index contributed by atoms with van der Waals surface area (Å²) in [7, 11) is -6.00.